The van der Waals surface area contributed by atoms with Gasteiger partial charge in [0, 0.05) is 23.7 Å². The van der Waals surface area contributed by atoms with Crippen LogP contribution in [0.4, 0.5) is 5.82 Å². The summed E-state index contributed by atoms with van der Waals surface area (Å²) in [6, 6.07) is 2.48. The largest absolute Gasteiger partial charge is 0.368 e. The average Bonchev–Trinajstić information content (AvgIpc) is 2.19. The Kier molecular flexibility index (Phi) is 4.53. The van der Waals surface area contributed by atoms with Crippen LogP contribution in [-0.2, 0) is 0 Å². The molecule has 0 atom stereocenters. The van der Waals surface area contributed by atoms with Gasteiger partial charge in [-0.3, -0.25) is 0 Å². The van der Waals surface area contributed by atoms with Crippen LogP contribution >= 0.6 is 0 Å². The fraction of sp³-hybridized carbons (Fsp3) is 0.667. The molecule has 0 bridgehead atoms. The van der Waals surface area contributed by atoms with E-state index in [0.717, 1.165) is 24.4 Å². The summed E-state index contributed by atoms with van der Waals surface area (Å²) in [5.41, 5.74) is 1.15. The lowest BCUT2D eigenvalue weighted by atomic mass is 9.99. The summed E-state index contributed by atoms with van der Waals surface area (Å²) >= 11 is 0. The molecule has 0 aliphatic rings. The fourth-order valence-electron chi connectivity index (χ4n) is 1.68. The Hall–Kier alpha value is -1.12. The minimum Gasteiger partial charge on any atom is -0.368 e. The number of nitrogens with zero attached hydrogens (tertiary/aromatic N) is 2. The Balaban J connectivity index is 2.81. The first-order valence-corrected chi connectivity index (χ1v) is 5.75. The Labute approximate surface area is 92.3 Å². The summed E-state index contributed by atoms with van der Waals surface area (Å²) in [4.78, 5) is 8.55. The van der Waals surface area contributed by atoms with Crippen molar-refractivity contribution in [2.75, 3.05) is 5.32 Å². The lowest BCUT2D eigenvalue weighted by molar-refractivity contribution is 0.621. The molecule has 15 heavy (non-hydrogen) atoms. The lowest BCUT2D eigenvalue weighted by Gasteiger charge is -2.14. The maximum absolute atomic E-state index is 4.34. The van der Waals surface area contributed by atoms with Gasteiger partial charge in [0.2, 0.25) is 0 Å². The standard InChI is InChI=1S/C12H21N3/c1-5-10(6-2)11-7-12(14-8-13-11)15-9(3)4/h7-10H,5-6H2,1-4H3,(H,13,14,15). The molecule has 1 aromatic heterocycles. The minimum atomic E-state index is 0.412. The summed E-state index contributed by atoms with van der Waals surface area (Å²) in [5.74, 6) is 1.49. The Morgan fingerprint density at radius 1 is 1.20 bits per heavy atom. The van der Waals surface area contributed by atoms with Crippen molar-refractivity contribution in [1.29, 1.82) is 0 Å². The molecule has 0 fully saturated rings. The zero-order valence-electron chi connectivity index (χ0n) is 10.1. The average molecular weight is 207 g/mol. The van der Waals surface area contributed by atoms with Crippen molar-refractivity contribution in [1.82, 2.24) is 9.97 Å². The van der Waals surface area contributed by atoms with Gasteiger partial charge in [-0.2, -0.15) is 0 Å². The van der Waals surface area contributed by atoms with Crippen LogP contribution in [0.15, 0.2) is 12.4 Å². The van der Waals surface area contributed by atoms with Gasteiger partial charge in [0.1, 0.15) is 12.1 Å². The molecule has 0 saturated carbocycles. The first kappa shape index (κ1) is 12.0. The molecule has 0 aliphatic heterocycles. The van der Waals surface area contributed by atoms with Gasteiger partial charge >= 0.3 is 0 Å². The molecule has 0 aromatic carbocycles. The molecule has 0 spiro atoms. The van der Waals surface area contributed by atoms with Gasteiger partial charge in [-0.15, -0.1) is 0 Å². The zero-order chi connectivity index (χ0) is 11.3. The molecule has 1 heterocycles. The van der Waals surface area contributed by atoms with E-state index in [1.165, 1.54) is 0 Å². The third-order valence-electron chi connectivity index (χ3n) is 2.53. The third kappa shape index (κ3) is 3.50. The highest BCUT2D eigenvalue weighted by molar-refractivity contribution is 5.36. The summed E-state index contributed by atoms with van der Waals surface area (Å²) in [6.07, 6.45) is 3.92. The van der Waals surface area contributed by atoms with E-state index in [-0.39, 0.29) is 0 Å². The molecule has 3 heteroatoms. The number of hydrogen-bond donors (Lipinski definition) is 1. The van der Waals surface area contributed by atoms with Crippen molar-refractivity contribution in [2.24, 2.45) is 0 Å². The van der Waals surface area contributed by atoms with E-state index in [1.807, 2.05) is 0 Å². The van der Waals surface area contributed by atoms with Crippen LogP contribution in [0.5, 0.6) is 0 Å². The van der Waals surface area contributed by atoms with Crippen LogP contribution in [-0.4, -0.2) is 16.0 Å². The highest BCUT2D eigenvalue weighted by Crippen LogP contribution is 2.22. The topological polar surface area (TPSA) is 37.8 Å². The van der Waals surface area contributed by atoms with E-state index in [0.29, 0.717) is 12.0 Å². The summed E-state index contributed by atoms with van der Waals surface area (Å²) in [5, 5.41) is 3.30. The quantitative estimate of drug-likeness (QED) is 0.805. The van der Waals surface area contributed by atoms with Crippen LogP contribution in [0.25, 0.3) is 0 Å². The maximum atomic E-state index is 4.34. The van der Waals surface area contributed by atoms with E-state index >= 15 is 0 Å². The van der Waals surface area contributed by atoms with Crippen LogP contribution in [0, 0.1) is 0 Å². The predicted molar refractivity (Wildman–Crippen MR) is 64.1 cm³/mol. The van der Waals surface area contributed by atoms with Crippen molar-refractivity contribution in [3.63, 3.8) is 0 Å². The van der Waals surface area contributed by atoms with Gasteiger partial charge in [-0.05, 0) is 26.7 Å². The number of hydrogen-bond acceptors (Lipinski definition) is 3. The van der Waals surface area contributed by atoms with E-state index in [9.17, 15) is 0 Å². The summed E-state index contributed by atoms with van der Waals surface area (Å²) in [6.45, 7) is 8.62. The van der Waals surface area contributed by atoms with Gasteiger partial charge in [-0.25, -0.2) is 9.97 Å². The summed E-state index contributed by atoms with van der Waals surface area (Å²) < 4.78 is 0. The molecule has 0 radical (unpaired) electrons. The molecule has 84 valence electrons. The molecular weight excluding hydrogens is 186 g/mol. The van der Waals surface area contributed by atoms with E-state index in [1.54, 1.807) is 6.33 Å². The second-order valence-corrected chi connectivity index (χ2v) is 4.14. The molecular formula is C12H21N3. The maximum Gasteiger partial charge on any atom is 0.129 e. The first-order valence-electron chi connectivity index (χ1n) is 5.75. The number of rotatable bonds is 5. The van der Waals surface area contributed by atoms with Crippen LogP contribution < -0.4 is 5.32 Å². The van der Waals surface area contributed by atoms with Gasteiger partial charge in [-0.1, -0.05) is 13.8 Å². The molecule has 1 N–H and O–H groups in total. The van der Waals surface area contributed by atoms with E-state index in [2.05, 4.69) is 49.0 Å². The van der Waals surface area contributed by atoms with Crippen molar-refractivity contribution in [3.8, 4) is 0 Å². The molecule has 0 saturated heterocycles. The monoisotopic (exact) mass is 207 g/mol. The molecule has 0 amide bonds. The number of aromatic nitrogens is 2. The van der Waals surface area contributed by atoms with Crippen LogP contribution in [0.1, 0.15) is 52.1 Å². The Morgan fingerprint density at radius 2 is 1.87 bits per heavy atom. The zero-order valence-corrected chi connectivity index (χ0v) is 10.1. The van der Waals surface area contributed by atoms with Crippen molar-refractivity contribution < 1.29 is 0 Å². The first-order chi connectivity index (χ1) is 7.17. The van der Waals surface area contributed by atoms with Crippen LogP contribution in [0.2, 0.25) is 0 Å². The van der Waals surface area contributed by atoms with Crippen LogP contribution in [0.3, 0.4) is 0 Å². The Morgan fingerprint density at radius 3 is 2.40 bits per heavy atom. The second-order valence-electron chi connectivity index (χ2n) is 4.14. The molecule has 3 nitrogen and oxygen atoms in total. The van der Waals surface area contributed by atoms with Crippen molar-refractivity contribution >= 4 is 5.82 Å². The highest BCUT2D eigenvalue weighted by atomic mass is 15.0. The van der Waals surface area contributed by atoms with Crippen molar-refractivity contribution in [3.05, 3.63) is 18.1 Å². The number of anilines is 1. The smallest absolute Gasteiger partial charge is 0.129 e. The van der Waals surface area contributed by atoms with Gasteiger partial charge < -0.3 is 5.32 Å². The van der Waals surface area contributed by atoms with Gasteiger partial charge in [0.05, 0.1) is 0 Å². The lowest BCUT2D eigenvalue weighted by Crippen LogP contribution is -2.12. The molecule has 1 rings (SSSR count). The molecule has 0 unspecified atom stereocenters. The highest BCUT2D eigenvalue weighted by Gasteiger charge is 2.09. The van der Waals surface area contributed by atoms with E-state index < -0.39 is 0 Å². The summed E-state index contributed by atoms with van der Waals surface area (Å²) in [7, 11) is 0. The molecule has 0 aliphatic carbocycles. The Bertz CT molecular complexity index is 293. The second kappa shape index (κ2) is 5.69. The van der Waals surface area contributed by atoms with Crippen molar-refractivity contribution in [2.45, 2.75) is 52.5 Å². The fourth-order valence-corrected chi connectivity index (χ4v) is 1.68. The van der Waals surface area contributed by atoms with E-state index in [4.69, 9.17) is 0 Å². The van der Waals surface area contributed by atoms with Gasteiger partial charge in [0.25, 0.3) is 0 Å². The number of nitrogens with one attached hydrogen (secondary N) is 1. The molecule has 1 aromatic rings. The SMILES string of the molecule is CCC(CC)c1cc(NC(C)C)ncn1. The normalized spacial score (nSPS) is 11.1. The van der Waals surface area contributed by atoms with Gasteiger partial charge in [0.15, 0.2) is 0 Å². The predicted octanol–water partition coefficient (Wildman–Crippen LogP) is 3.20. The minimum absolute atomic E-state index is 0.412. The third-order valence-corrected chi connectivity index (χ3v) is 2.53.